The van der Waals surface area contributed by atoms with E-state index in [0.29, 0.717) is 17.7 Å². The molecule has 196 valence electrons. The van der Waals surface area contributed by atoms with Gasteiger partial charge in [-0.15, -0.1) is 5.73 Å². The zero-order valence-corrected chi connectivity index (χ0v) is 22.6. The van der Waals surface area contributed by atoms with Crippen molar-refractivity contribution in [3.05, 3.63) is 41.6 Å². The smallest absolute Gasteiger partial charge is 0.165 e. The van der Waals surface area contributed by atoms with Gasteiger partial charge in [-0.3, -0.25) is 4.90 Å². The molecule has 5 aliphatic rings. The molecule has 0 amide bonds. The lowest BCUT2D eigenvalue weighted by molar-refractivity contribution is -0.192. The molecule has 1 saturated heterocycles. The number of hydrogen-bond donors (Lipinski definition) is 2. The van der Waals surface area contributed by atoms with E-state index in [4.69, 9.17) is 9.47 Å². The molecule has 5 nitrogen and oxygen atoms in total. The van der Waals surface area contributed by atoms with Gasteiger partial charge in [-0.05, 0) is 87.0 Å². The summed E-state index contributed by atoms with van der Waals surface area (Å²) < 4.78 is 13.4. The van der Waals surface area contributed by atoms with E-state index in [1.54, 1.807) is 7.11 Å². The standard InChI is InChI=1S/C31H43NO4/c1-7-12-31(35-6)24(29(5,34)28(2,3)4)16-21-17-30-13-14-32(18-19-8-9-19)22(21)15-20-10-11-23(33)26(25(20)30)36-27(30)31/h10-12,19,21-22,24,27,33-34H,1,8-9,13-18H2,2-6H3/t21?,22-,24-,27-,29?,30+,31-/m1/s1. The molecule has 3 fully saturated rings. The number of nitrogens with zero attached hydrogens (tertiary/aromatic N) is 1. The molecular formula is C31H43NO4. The molecule has 2 aliphatic heterocycles. The number of methoxy groups -OCH3 is 1. The van der Waals surface area contributed by atoms with Gasteiger partial charge < -0.3 is 19.7 Å². The summed E-state index contributed by atoms with van der Waals surface area (Å²) in [4.78, 5) is 2.77. The van der Waals surface area contributed by atoms with Crippen LogP contribution in [0.4, 0.5) is 0 Å². The zero-order valence-electron chi connectivity index (χ0n) is 22.6. The first kappa shape index (κ1) is 24.6. The van der Waals surface area contributed by atoms with E-state index in [1.807, 2.05) is 19.1 Å². The average Bonchev–Trinajstić information content (AvgIpc) is 3.61. The summed E-state index contributed by atoms with van der Waals surface area (Å²) >= 11 is 0. The summed E-state index contributed by atoms with van der Waals surface area (Å²) in [5, 5.41) is 23.3. The van der Waals surface area contributed by atoms with Gasteiger partial charge in [-0.25, -0.2) is 0 Å². The van der Waals surface area contributed by atoms with Crippen LogP contribution in [0.25, 0.3) is 0 Å². The van der Waals surface area contributed by atoms with Crippen LogP contribution in [0.1, 0.15) is 70.9 Å². The second kappa shape index (κ2) is 7.86. The van der Waals surface area contributed by atoms with Gasteiger partial charge in [0.05, 0.1) is 5.60 Å². The lowest BCUT2D eigenvalue weighted by Crippen LogP contribution is -2.65. The maximum atomic E-state index is 12.3. The molecule has 3 aliphatic carbocycles. The molecule has 7 atom stereocenters. The van der Waals surface area contributed by atoms with Gasteiger partial charge in [0, 0.05) is 36.6 Å². The predicted molar refractivity (Wildman–Crippen MR) is 140 cm³/mol. The molecule has 0 aromatic heterocycles. The minimum absolute atomic E-state index is 0.207. The highest BCUT2D eigenvalue weighted by Gasteiger charge is 2.69. The minimum atomic E-state index is -1.04. The molecule has 3 bridgehead atoms. The topological polar surface area (TPSA) is 62.2 Å². The molecule has 2 saturated carbocycles. The SMILES string of the molecule is C=C=C[C@@]1(OC)[C@@H](C(C)(O)C(C)(C)C)CC2C[C@@]34CCN(CC5CC5)[C@@H]2Cc2ccc(O)c(c23)O[C@H]41. The fourth-order valence-corrected chi connectivity index (χ4v) is 8.44. The van der Waals surface area contributed by atoms with Crippen LogP contribution in [0, 0.1) is 23.2 Å². The average molecular weight is 494 g/mol. The Morgan fingerprint density at radius 2 is 2.03 bits per heavy atom. The molecule has 1 aromatic carbocycles. The Balaban J connectivity index is 1.62. The fraction of sp³-hybridized carbons (Fsp3) is 0.710. The van der Waals surface area contributed by atoms with Crippen LogP contribution in [0.5, 0.6) is 11.5 Å². The van der Waals surface area contributed by atoms with Crippen molar-refractivity contribution in [3.63, 3.8) is 0 Å². The van der Waals surface area contributed by atoms with Crippen LogP contribution in [0.3, 0.4) is 0 Å². The van der Waals surface area contributed by atoms with Gasteiger partial charge in [0.2, 0.25) is 0 Å². The van der Waals surface area contributed by atoms with Gasteiger partial charge in [-0.2, -0.15) is 0 Å². The van der Waals surface area contributed by atoms with Gasteiger partial charge in [0.1, 0.15) is 11.7 Å². The van der Waals surface area contributed by atoms with Crippen LogP contribution >= 0.6 is 0 Å². The Labute approximate surface area is 216 Å². The molecule has 6 rings (SSSR count). The Morgan fingerprint density at radius 3 is 2.67 bits per heavy atom. The number of aliphatic hydroxyl groups is 1. The lowest BCUT2D eigenvalue weighted by atomic mass is 9.58. The molecule has 5 heteroatoms. The second-order valence-corrected chi connectivity index (χ2v) is 13.6. The van der Waals surface area contributed by atoms with E-state index in [0.717, 1.165) is 38.1 Å². The number of hydrogen-bond acceptors (Lipinski definition) is 5. The molecule has 1 spiro atoms. The van der Waals surface area contributed by atoms with E-state index in [-0.39, 0.29) is 28.6 Å². The molecule has 0 radical (unpaired) electrons. The zero-order chi connectivity index (χ0) is 25.7. The van der Waals surface area contributed by atoms with Crippen molar-refractivity contribution < 1.29 is 19.7 Å². The van der Waals surface area contributed by atoms with Gasteiger partial charge in [0.25, 0.3) is 0 Å². The highest BCUT2D eigenvalue weighted by Crippen LogP contribution is 2.65. The molecule has 2 N–H and O–H groups in total. The van der Waals surface area contributed by atoms with Gasteiger partial charge in [-0.1, -0.05) is 33.4 Å². The maximum Gasteiger partial charge on any atom is 0.165 e. The number of ether oxygens (including phenoxy) is 2. The van der Waals surface area contributed by atoms with Crippen LogP contribution in [0.2, 0.25) is 0 Å². The number of phenolic OH excluding ortho intramolecular Hbond substituents is 1. The van der Waals surface area contributed by atoms with Crippen LogP contribution < -0.4 is 4.74 Å². The minimum Gasteiger partial charge on any atom is -0.504 e. The summed E-state index contributed by atoms with van der Waals surface area (Å²) in [6, 6.07) is 4.35. The van der Waals surface area contributed by atoms with Crippen LogP contribution in [-0.4, -0.2) is 58.7 Å². The summed E-state index contributed by atoms with van der Waals surface area (Å²) in [5.41, 5.74) is 2.91. The summed E-state index contributed by atoms with van der Waals surface area (Å²) in [6.07, 6.45) is 8.01. The third kappa shape index (κ3) is 3.19. The lowest BCUT2D eigenvalue weighted by Gasteiger charge is -2.54. The summed E-state index contributed by atoms with van der Waals surface area (Å²) in [6.45, 7) is 14.5. The fourth-order valence-electron chi connectivity index (χ4n) is 8.44. The number of rotatable bonds is 5. The van der Waals surface area contributed by atoms with Crippen molar-refractivity contribution in [2.75, 3.05) is 20.2 Å². The third-order valence-corrected chi connectivity index (χ3v) is 10.9. The Kier molecular flexibility index (Phi) is 5.36. The first-order valence-electron chi connectivity index (χ1n) is 13.9. The van der Waals surface area contributed by atoms with Gasteiger partial charge >= 0.3 is 0 Å². The maximum absolute atomic E-state index is 12.3. The van der Waals surface area contributed by atoms with Crippen molar-refractivity contribution in [2.24, 2.45) is 23.2 Å². The van der Waals surface area contributed by atoms with E-state index < -0.39 is 11.2 Å². The highest BCUT2D eigenvalue weighted by molar-refractivity contribution is 5.60. The second-order valence-electron chi connectivity index (χ2n) is 13.6. The van der Waals surface area contributed by atoms with Crippen molar-refractivity contribution in [1.82, 2.24) is 4.90 Å². The molecular weight excluding hydrogens is 450 g/mol. The van der Waals surface area contributed by atoms with Crippen LogP contribution in [0.15, 0.2) is 30.5 Å². The Morgan fingerprint density at radius 1 is 1.28 bits per heavy atom. The first-order chi connectivity index (χ1) is 17.0. The quantitative estimate of drug-likeness (QED) is 0.567. The number of benzene rings is 1. The monoisotopic (exact) mass is 493 g/mol. The molecule has 2 heterocycles. The van der Waals surface area contributed by atoms with Crippen molar-refractivity contribution in [3.8, 4) is 11.5 Å². The van der Waals surface area contributed by atoms with Crippen molar-refractivity contribution in [1.29, 1.82) is 0 Å². The molecule has 1 aromatic rings. The van der Waals surface area contributed by atoms with E-state index in [1.165, 1.54) is 30.5 Å². The third-order valence-electron chi connectivity index (χ3n) is 10.9. The summed E-state index contributed by atoms with van der Waals surface area (Å²) in [5.74, 6) is 1.81. The van der Waals surface area contributed by atoms with Crippen LogP contribution in [-0.2, 0) is 16.6 Å². The first-order valence-corrected chi connectivity index (χ1v) is 13.9. The number of phenols is 1. The molecule has 36 heavy (non-hydrogen) atoms. The number of likely N-dealkylation sites (tertiary alicyclic amines) is 1. The van der Waals surface area contributed by atoms with Gasteiger partial charge in [0.15, 0.2) is 11.5 Å². The number of aromatic hydroxyl groups is 1. The predicted octanol–water partition coefficient (Wildman–Crippen LogP) is 4.98. The van der Waals surface area contributed by atoms with E-state index in [2.05, 4.69) is 44.0 Å². The Bertz CT molecular complexity index is 1110. The largest absolute Gasteiger partial charge is 0.504 e. The van der Waals surface area contributed by atoms with E-state index in [9.17, 15) is 10.2 Å². The van der Waals surface area contributed by atoms with Crippen molar-refractivity contribution >= 4 is 0 Å². The summed E-state index contributed by atoms with van der Waals surface area (Å²) in [7, 11) is 1.74. The molecule has 2 unspecified atom stereocenters. The van der Waals surface area contributed by atoms with Crippen molar-refractivity contribution in [2.45, 2.75) is 95.0 Å². The Hall–Kier alpha value is -1.78. The normalized spacial score (nSPS) is 38.8. The highest BCUT2D eigenvalue weighted by atomic mass is 16.6. The van der Waals surface area contributed by atoms with E-state index >= 15 is 0 Å².